The van der Waals surface area contributed by atoms with Gasteiger partial charge in [0, 0.05) is 12.1 Å². The van der Waals surface area contributed by atoms with Gasteiger partial charge in [-0.1, -0.05) is 23.7 Å². The number of carbonyl (C=O) groups is 3. The highest BCUT2D eigenvalue weighted by molar-refractivity contribution is 8.18. The summed E-state index contributed by atoms with van der Waals surface area (Å²) < 4.78 is 15.9. The molecule has 12 heteroatoms. The standard InChI is InChI=1S/C22H19ClN2O8S/c1-3-32-19(26)11-24-21(27)18(34-22(24)28)10-14-8-16(23)20(17(9-14)31-2)33-12-13-5-4-6-15(7-13)25(29)30/h4-10H,3,11-12H2,1-2H3/b18-10-. The Hall–Kier alpha value is -3.57. The largest absolute Gasteiger partial charge is 0.493 e. The predicted molar refractivity (Wildman–Crippen MR) is 125 cm³/mol. The van der Waals surface area contributed by atoms with Gasteiger partial charge in [0.05, 0.1) is 28.6 Å². The zero-order valence-corrected chi connectivity index (χ0v) is 19.7. The van der Waals surface area contributed by atoms with Gasteiger partial charge in [0.15, 0.2) is 11.5 Å². The second kappa shape index (κ2) is 11.0. The van der Waals surface area contributed by atoms with E-state index < -0.39 is 28.6 Å². The number of nitro benzene ring substituents is 1. The molecule has 0 N–H and O–H groups in total. The van der Waals surface area contributed by atoms with E-state index in [-0.39, 0.29) is 40.3 Å². The number of nitro groups is 1. The summed E-state index contributed by atoms with van der Waals surface area (Å²) in [6.07, 6.45) is 1.45. The summed E-state index contributed by atoms with van der Waals surface area (Å²) in [4.78, 5) is 47.8. The lowest BCUT2D eigenvalue weighted by Crippen LogP contribution is -2.34. The molecule has 1 heterocycles. The molecule has 0 saturated carbocycles. The smallest absolute Gasteiger partial charge is 0.326 e. The number of ether oxygens (including phenoxy) is 3. The third kappa shape index (κ3) is 5.86. The predicted octanol–water partition coefficient (Wildman–Crippen LogP) is 4.44. The molecular weight excluding hydrogens is 488 g/mol. The lowest BCUT2D eigenvalue weighted by Gasteiger charge is -2.13. The number of halogens is 1. The number of esters is 1. The number of imide groups is 1. The van der Waals surface area contributed by atoms with E-state index in [0.29, 0.717) is 22.9 Å². The molecule has 0 aliphatic carbocycles. The van der Waals surface area contributed by atoms with E-state index in [2.05, 4.69) is 0 Å². The van der Waals surface area contributed by atoms with E-state index in [1.807, 2.05) is 0 Å². The van der Waals surface area contributed by atoms with E-state index in [1.54, 1.807) is 25.1 Å². The molecule has 3 rings (SSSR count). The SMILES string of the molecule is CCOC(=O)CN1C(=O)S/C(=C\c2cc(Cl)c(OCc3cccc([N+](=O)[O-])c3)c(OC)c2)C1=O. The fraction of sp³-hybridized carbons (Fsp3) is 0.227. The van der Waals surface area contributed by atoms with Crippen LogP contribution >= 0.6 is 23.4 Å². The van der Waals surface area contributed by atoms with E-state index >= 15 is 0 Å². The average molecular weight is 507 g/mol. The first kappa shape index (κ1) is 25.1. The van der Waals surface area contributed by atoms with Gasteiger partial charge in [-0.05, 0) is 48.0 Å². The molecule has 0 atom stereocenters. The van der Waals surface area contributed by atoms with Crippen LogP contribution in [0, 0.1) is 10.1 Å². The summed E-state index contributed by atoms with van der Waals surface area (Å²) in [5, 5.41) is 10.5. The molecule has 0 aromatic heterocycles. The molecule has 1 aliphatic rings. The molecule has 2 aromatic rings. The van der Waals surface area contributed by atoms with Crippen LogP contribution in [0.4, 0.5) is 10.5 Å². The number of amides is 2. The number of rotatable bonds is 9. The van der Waals surface area contributed by atoms with Crippen LogP contribution in [0.1, 0.15) is 18.1 Å². The molecule has 0 radical (unpaired) electrons. The summed E-state index contributed by atoms with van der Waals surface area (Å²) >= 11 is 7.06. The minimum atomic E-state index is -0.680. The second-order valence-corrected chi connectivity index (χ2v) is 8.22. The zero-order chi connectivity index (χ0) is 24.8. The Morgan fingerprint density at radius 1 is 1.26 bits per heavy atom. The monoisotopic (exact) mass is 506 g/mol. The highest BCUT2D eigenvalue weighted by atomic mass is 35.5. The highest BCUT2D eigenvalue weighted by Gasteiger charge is 2.36. The lowest BCUT2D eigenvalue weighted by atomic mass is 10.1. The van der Waals surface area contributed by atoms with Crippen molar-refractivity contribution in [3.63, 3.8) is 0 Å². The maximum Gasteiger partial charge on any atom is 0.326 e. The first-order chi connectivity index (χ1) is 16.2. The molecule has 10 nitrogen and oxygen atoms in total. The van der Waals surface area contributed by atoms with Gasteiger partial charge in [-0.15, -0.1) is 0 Å². The Bertz CT molecular complexity index is 1180. The number of thioether (sulfide) groups is 1. The van der Waals surface area contributed by atoms with E-state index in [1.165, 1.54) is 31.4 Å². The molecule has 1 aliphatic heterocycles. The number of hydrogen-bond donors (Lipinski definition) is 0. The van der Waals surface area contributed by atoms with Crippen LogP contribution in [-0.4, -0.2) is 47.2 Å². The van der Waals surface area contributed by atoms with Crippen LogP contribution in [0.2, 0.25) is 5.02 Å². The molecule has 2 amide bonds. The number of nitrogens with zero attached hydrogens (tertiary/aromatic N) is 2. The van der Waals surface area contributed by atoms with Gasteiger partial charge in [0.25, 0.3) is 16.8 Å². The van der Waals surface area contributed by atoms with Gasteiger partial charge >= 0.3 is 5.97 Å². The maximum atomic E-state index is 12.6. The maximum absolute atomic E-state index is 12.6. The molecule has 34 heavy (non-hydrogen) atoms. The minimum Gasteiger partial charge on any atom is -0.493 e. The number of carbonyl (C=O) groups excluding carboxylic acids is 3. The number of hydrogen-bond acceptors (Lipinski definition) is 9. The van der Waals surface area contributed by atoms with Crippen LogP contribution in [-0.2, 0) is 20.9 Å². The van der Waals surface area contributed by atoms with Crippen molar-refractivity contribution in [1.29, 1.82) is 0 Å². The Labute approximate surface area is 203 Å². The summed E-state index contributed by atoms with van der Waals surface area (Å²) in [5.41, 5.74) is 0.962. The third-order valence-electron chi connectivity index (χ3n) is 4.52. The van der Waals surface area contributed by atoms with Gasteiger partial charge in [-0.3, -0.25) is 29.4 Å². The number of methoxy groups -OCH3 is 1. The molecule has 1 saturated heterocycles. The van der Waals surface area contributed by atoms with Crippen molar-refractivity contribution in [3.8, 4) is 11.5 Å². The Kier molecular flexibility index (Phi) is 8.13. The lowest BCUT2D eigenvalue weighted by molar-refractivity contribution is -0.384. The van der Waals surface area contributed by atoms with Crippen LogP contribution in [0.5, 0.6) is 11.5 Å². The number of non-ortho nitro benzene ring substituents is 1. The van der Waals surface area contributed by atoms with E-state index in [4.69, 9.17) is 25.8 Å². The molecule has 178 valence electrons. The van der Waals surface area contributed by atoms with Crippen LogP contribution in [0.25, 0.3) is 6.08 Å². The fourth-order valence-corrected chi connectivity index (χ4v) is 4.11. The molecule has 2 aromatic carbocycles. The van der Waals surface area contributed by atoms with Crippen molar-refractivity contribution in [1.82, 2.24) is 4.90 Å². The molecule has 0 bridgehead atoms. The van der Waals surface area contributed by atoms with Crippen molar-refractivity contribution in [2.75, 3.05) is 20.3 Å². The van der Waals surface area contributed by atoms with Gasteiger partial charge in [-0.25, -0.2) is 0 Å². The van der Waals surface area contributed by atoms with Crippen LogP contribution in [0.3, 0.4) is 0 Å². The molecule has 0 spiro atoms. The van der Waals surface area contributed by atoms with Crippen molar-refractivity contribution in [2.45, 2.75) is 13.5 Å². The number of benzene rings is 2. The summed E-state index contributed by atoms with van der Waals surface area (Å²) in [6.45, 7) is 1.30. The van der Waals surface area contributed by atoms with Crippen molar-refractivity contribution in [2.24, 2.45) is 0 Å². The molecular formula is C22H19ClN2O8S. The normalized spacial score (nSPS) is 14.4. The van der Waals surface area contributed by atoms with Crippen molar-refractivity contribution >= 4 is 52.2 Å². The third-order valence-corrected chi connectivity index (χ3v) is 5.71. The van der Waals surface area contributed by atoms with Crippen LogP contribution < -0.4 is 9.47 Å². The van der Waals surface area contributed by atoms with Gasteiger partial charge in [0.1, 0.15) is 13.2 Å². The summed E-state index contributed by atoms with van der Waals surface area (Å²) in [6, 6.07) is 9.07. The Morgan fingerprint density at radius 2 is 2.03 bits per heavy atom. The second-order valence-electron chi connectivity index (χ2n) is 6.82. The van der Waals surface area contributed by atoms with Crippen LogP contribution in [0.15, 0.2) is 41.3 Å². The first-order valence-corrected chi connectivity index (χ1v) is 11.1. The van der Waals surface area contributed by atoms with Crippen molar-refractivity contribution < 1.29 is 33.5 Å². The fourth-order valence-electron chi connectivity index (χ4n) is 3.00. The molecule has 0 unspecified atom stereocenters. The van der Waals surface area contributed by atoms with Crippen molar-refractivity contribution in [3.05, 3.63) is 67.6 Å². The van der Waals surface area contributed by atoms with Gasteiger partial charge in [-0.2, -0.15) is 0 Å². The summed E-state index contributed by atoms with van der Waals surface area (Å²) in [5.74, 6) is -0.830. The zero-order valence-electron chi connectivity index (χ0n) is 18.1. The summed E-state index contributed by atoms with van der Waals surface area (Å²) in [7, 11) is 1.41. The Morgan fingerprint density at radius 3 is 2.71 bits per heavy atom. The first-order valence-electron chi connectivity index (χ1n) is 9.88. The quantitative estimate of drug-likeness (QED) is 0.210. The molecule has 1 fully saturated rings. The van der Waals surface area contributed by atoms with E-state index in [0.717, 1.165) is 4.90 Å². The minimum absolute atomic E-state index is 0.00382. The van der Waals surface area contributed by atoms with Gasteiger partial charge in [0.2, 0.25) is 0 Å². The Balaban J connectivity index is 1.79. The van der Waals surface area contributed by atoms with E-state index in [9.17, 15) is 24.5 Å². The highest BCUT2D eigenvalue weighted by Crippen LogP contribution is 2.39. The topological polar surface area (TPSA) is 125 Å². The average Bonchev–Trinajstić information content (AvgIpc) is 3.05. The van der Waals surface area contributed by atoms with Gasteiger partial charge < -0.3 is 14.2 Å².